The second kappa shape index (κ2) is 5.25. The zero-order valence-electron chi connectivity index (χ0n) is 9.80. The Kier molecular flexibility index (Phi) is 3.92. The number of halogens is 1. The smallest absolute Gasteiger partial charge is 0.115 e. The molecule has 1 aromatic carbocycles. The zero-order chi connectivity index (χ0) is 11.0. The summed E-state index contributed by atoms with van der Waals surface area (Å²) in [5, 5.41) is 12.9. The minimum absolute atomic E-state index is 0. The molecule has 0 radical (unpaired) electrons. The van der Waals surface area contributed by atoms with Gasteiger partial charge in [-0.3, -0.25) is 4.90 Å². The Morgan fingerprint density at radius 3 is 2.59 bits per heavy atom. The molecule has 0 unspecified atom stereocenters. The van der Waals surface area contributed by atoms with Crippen LogP contribution in [0.5, 0.6) is 5.75 Å². The molecule has 3 nitrogen and oxygen atoms in total. The minimum Gasteiger partial charge on any atom is -0.508 e. The monoisotopic (exact) mass is 254 g/mol. The fourth-order valence-electron chi connectivity index (χ4n) is 2.99. The summed E-state index contributed by atoms with van der Waals surface area (Å²) in [6.07, 6.45) is 0. The molecule has 4 heteroatoms. The van der Waals surface area contributed by atoms with Gasteiger partial charge in [-0.1, -0.05) is 12.1 Å². The number of aromatic hydroxyl groups is 1. The number of benzene rings is 1. The lowest BCUT2D eigenvalue weighted by Crippen LogP contribution is -2.25. The lowest BCUT2D eigenvalue weighted by Gasteiger charge is -2.16. The van der Waals surface area contributed by atoms with Gasteiger partial charge < -0.3 is 10.4 Å². The van der Waals surface area contributed by atoms with Crippen LogP contribution < -0.4 is 5.32 Å². The second-order valence-electron chi connectivity index (χ2n) is 5.04. The average Bonchev–Trinajstić information content (AvgIpc) is 2.77. The van der Waals surface area contributed by atoms with Crippen LogP contribution in [-0.2, 0) is 6.54 Å². The number of nitrogens with zero attached hydrogens (tertiary/aromatic N) is 1. The first-order valence-electron chi connectivity index (χ1n) is 6.02. The molecule has 94 valence electrons. The minimum atomic E-state index is 0. The van der Waals surface area contributed by atoms with E-state index in [9.17, 15) is 5.11 Å². The van der Waals surface area contributed by atoms with Crippen LogP contribution in [0.2, 0.25) is 0 Å². The molecule has 0 aromatic heterocycles. The number of rotatable bonds is 2. The van der Waals surface area contributed by atoms with Crippen molar-refractivity contribution in [2.45, 2.75) is 6.54 Å². The first-order chi connectivity index (χ1) is 7.81. The number of phenols is 1. The molecule has 0 bridgehead atoms. The summed E-state index contributed by atoms with van der Waals surface area (Å²) in [5.74, 6) is 2.06. The Morgan fingerprint density at radius 2 is 1.94 bits per heavy atom. The van der Waals surface area contributed by atoms with Crippen molar-refractivity contribution in [3.05, 3.63) is 29.8 Å². The zero-order valence-corrected chi connectivity index (χ0v) is 10.6. The molecule has 2 fully saturated rings. The molecule has 3 rings (SSSR count). The predicted molar refractivity (Wildman–Crippen MR) is 70.5 cm³/mol. The third-order valence-electron chi connectivity index (χ3n) is 3.78. The van der Waals surface area contributed by atoms with Crippen molar-refractivity contribution in [2.24, 2.45) is 11.8 Å². The summed E-state index contributed by atoms with van der Waals surface area (Å²) in [7, 11) is 0. The van der Waals surface area contributed by atoms with Crippen molar-refractivity contribution < 1.29 is 5.11 Å². The van der Waals surface area contributed by atoms with E-state index in [4.69, 9.17) is 0 Å². The van der Waals surface area contributed by atoms with Crippen molar-refractivity contribution in [1.29, 1.82) is 0 Å². The summed E-state index contributed by atoms with van der Waals surface area (Å²) < 4.78 is 0. The van der Waals surface area contributed by atoms with Gasteiger partial charge in [0.1, 0.15) is 5.75 Å². The van der Waals surface area contributed by atoms with Gasteiger partial charge in [-0.15, -0.1) is 12.4 Å². The van der Waals surface area contributed by atoms with Crippen molar-refractivity contribution in [3.8, 4) is 5.75 Å². The van der Waals surface area contributed by atoms with E-state index in [1.807, 2.05) is 12.1 Å². The molecule has 0 saturated carbocycles. The van der Waals surface area contributed by atoms with Crippen molar-refractivity contribution >= 4 is 12.4 Å². The van der Waals surface area contributed by atoms with Crippen LogP contribution in [-0.4, -0.2) is 36.2 Å². The van der Waals surface area contributed by atoms with Gasteiger partial charge in [-0.25, -0.2) is 0 Å². The van der Waals surface area contributed by atoms with Crippen molar-refractivity contribution in [2.75, 3.05) is 26.2 Å². The van der Waals surface area contributed by atoms with E-state index in [0.717, 1.165) is 18.4 Å². The normalized spacial score (nSPS) is 27.8. The number of hydrogen-bond acceptors (Lipinski definition) is 3. The largest absolute Gasteiger partial charge is 0.508 e. The SMILES string of the molecule is Cl.Oc1cccc(CN2C[C@H]3CNC[C@H]3C2)c1. The van der Waals surface area contributed by atoms with Crippen molar-refractivity contribution in [1.82, 2.24) is 10.2 Å². The molecular weight excluding hydrogens is 236 g/mol. The molecule has 1 aromatic rings. The maximum absolute atomic E-state index is 9.42. The highest BCUT2D eigenvalue weighted by Gasteiger charge is 2.35. The van der Waals surface area contributed by atoms with E-state index in [0.29, 0.717) is 5.75 Å². The lowest BCUT2D eigenvalue weighted by molar-refractivity contribution is 0.305. The van der Waals surface area contributed by atoms with Gasteiger partial charge in [0.05, 0.1) is 0 Å². The summed E-state index contributed by atoms with van der Waals surface area (Å²) in [5.41, 5.74) is 1.22. The van der Waals surface area contributed by atoms with Gasteiger partial charge in [0, 0.05) is 19.6 Å². The number of phenolic OH excluding ortho intramolecular Hbond substituents is 1. The Hall–Kier alpha value is -0.770. The van der Waals surface area contributed by atoms with E-state index < -0.39 is 0 Å². The quantitative estimate of drug-likeness (QED) is 0.839. The first kappa shape index (κ1) is 12.7. The molecule has 2 N–H and O–H groups in total. The standard InChI is InChI=1S/C13H18N2O.ClH/c16-13-3-1-2-10(4-13)7-15-8-11-5-14-6-12(11)9-15;/h1-4,11-12,14,16H,5-9H2;1H/t11-,12+;. The molecular formula is C13H19ClN2O. The number of hydrogen-bond donors (Lipinski definition) is 2. The fraction of sp³-hybridized carbons (Fsp3) is 0.538. The third kappa shape index (κ3) is 2.73. The van der Waals surface area contributed by atoms with Crippen LogP contribution in [0.1, 0.15) is 5.56 Å². The van der Waals surface area contributed by atoms with E-state index in [1.54, 1.807) is 6.07 Å². The predicted octanol–water partition coefficient (Wildman–Crippen LogP) is 1.47. The van der Waals surface area contributed by atoms with Gasteiger partial charge in [0.15, 0.2) is 0 Å². The molecule has 2 aliphatic heterocycles. The van der Waals surface area contributed by atoms with Gasteiger partial charge in [0.25, 0.3) is 0 Å². The topological polar surface area (TPSA) is 35.5 Å². The summed E-state index contributed by atoms with van der Waals surface area (Å²) in [6, 6.07) is 7.60. The molecule has 0 aliphatic carbocycles. The fourth-order valence-corrected chi connectivity index (χ4v) is 2.99. The van der Waals surface area contributed by atoms with Crippen LogP contribution >= 0.6 is 12.4 Å². The van der Waals surface area contributed by atoms with Gasteiger partial charge >= 0.3 is 0 Å². The van der Waals surface area contributed by atoms with Crippen LogP contribution in [0.3, 0.4) is 0 Å². The molecule has 0 spiro atoms. The Labute approximate surface area is 108 Å². The number of fused-ring (bicyclic) bond motifs is 1. The van der Waals surface area contributed by atoms with Crippen LogP contribution in [0.25, 0.3) is 0 Å². The summed E-state index contributed by atoms with van der Waals surface area (Å²) >= 11 is 0. The number of nitrogens with one attached hydrogen (secondary N) is 1. The van der Waals surface area contributed by atoms with Gasteiger partial charge in [-0.05, 0) is 42.6 Å². The molecule has 2 atom stereocenters. The van der Waals surface area contributed by atoms with Crippen LogP contribution in [0.4, 0.5) is 0 Å². The van der Waals surface area contributed by atoms with E-state index in [2.05, 4.69) is 16.3 Å². The average molecular weight is 255 g/mol. The molecule has 2 heterocycles. The molecule has 2 saturated heterocycles. The van der Waals surface area contributed by atoms with Crippen LogP contribution in [0, 0.1) is 11.8 Å². The number of likely N-dealkylation sites (tertiary alicyclic amines) is 1. The maximum Gasteiger partial charge on any atom is 0.115 e. The van der Waals surface area contributed by atoms with Crippen molar-refractivity contribution in [3.63, 3.8) is 0 Å². The Bertz CT molecular complexity index is 373. The maximum atomic E-state index is 9.42. The molecule has 2 aliphatic rings. The molecule has 0 amide bonds. The Morgan fingerprint density at radius 1 is 1.24 bits per heavy atom. The van der Waals surface area contributed by atoms with E-state index in [1.165, 1.54) is 31.7 Å². The highest BCUT2D eigenvalue weighted by atomic mass is 35.5. The highest BCUT2D eigenvalue weighted by molar-refractivity contribution is 5.85. The van der Waals surface area contributed by atoms with E-state index in [-0.39, 0.29) is 12.4 Å². The third-order valence-corrected chi connectivity index (χ3v) is 3.78. The van der Waals surface area contributed by atoms with Gasteiger partial charge in [0.2, 0.25) is 0 Å². The second-order valence-corrected chi connectivity index (χ2v) is 5.04. The van der Waals surface area contributed by atoms with Crippen LogP contribution in [0.15, 0.2) is 24.3 Å². The molecule has 17 heavy (non-hydrogen) atoms. The van der Waals surface area contributed by atoms with E-state index >= 15 is 0 Å². The lowest BCUT2D eigenvalue weighted by atomic mass is 10.0. The highest BCUT2D eigenvalue weighted by Crippen LogP contribution is 2.27. The first-order valence-corrected chi connectivity index (χ1v) is 6.02. The van der Waals surface area contributed by atoms with Gasteiger partial charge in [-0.2, -0.15) is 0 Å². The Balaban J connectivity index is 0.00000108. The summed E-state index contributed by atoms with van der Waals surface area (Å²) in [6.45, 7) is 5.74. The summed E-state index contributed by atoms with van der Waals surface area (Å²) in [4.78, 5) is 2.50.